The van der Waals surface area contributed by atoms with E-state index in [9.17, 15) is 9.90 Å². The van der Waals surface area contributed by atoms with Crippen LogP contribution in [0.4, 0.5) is 5.69 Å². The molecule has 0 unspecified atom stereocenters. The number of nitrogens with one attached hydrogen (secondary N) is 1. The topological polar surface area (TPSA) is 53.7 Å². The first kappa shape index (κ1) is 10.4. The van der Waals surface area contributed by atoms with Gasteiger partial charge in [-0.15, -0.1) is 0 Å². The lowest BCUT2D eigenvalue weighted by Crippen LogP contribution is -2.13. The van der Waals surface area contributed by atoms with Crippen LogP contribution in [0.3, 0.4) is 0 Å². The van der Waals surface area contributed by atoms with E-state index in [2.05, 4.69) is 10.2 Å². The van der Waals surface area contributed by atoms with Gasteiger partial charge in [0.25, 0.3) is 6.54 Å². The number of carbonyl (C=O) groups is 1. The summed E-state index contributed by atoms with van der Waals surface area (Å²) < 4.78 is 0. The molecule has 0 heterocycles. The summed E-state index contributed by atoms with van der Waals surface area (Å²) in [5, 5.41) is 12.1. The number of benzene rings is 1. The second-order valence-corrected chi connectivity index (χ2v) is 2.96. The molecular formula is C9H7ClN2O2. The van der Waals surface area contributed by atoms with Crippen molar-refractivity contribution < 1.29 is 9.90 Å². The van der Waals surface area contributed by atoms with E-state index < -0.39 is 5.91 Å². The van der Waals surface area contributed by atoms with E-state index in [1.165, 1.54) is 18.2 Å². The van der Waals surface area contributed by atoms with Gasteiger partial charge in [-0.3, -0.25) is 4.79 Å². The molecule has 0 bridgehead atoms. The van der Waals surface area contributed by atoms with Crippen molar-refractivity contribution in [3.8, 4) is 5.75 Å². The number of anilines is 1. The van der Waals surface area contributed by atoms with Gasteiger partial charge in [0.15, 0.2) is 0 Å². The van der Waals surface area contributed by atoms with Crippen molar-refractivity contribution in [1.29, 1.82) is 0 Å². The van der Waals surface area contributed by atoms with Gasteiger partial charge in [0.2, 0.25) is 0 Å². The Morgan fingerprint density at radius 3 is 3.00 bits per heavy atom. The molecule has 2 N–H and O–H groups in total. The van der Waals surface area contributed by atoms with Gasteiger partial charge in [-0.2, -0.15) is 0 Å². The fourth-order valence-electron chi connectivity index (χ4n) is 0.870. The zero-order valence-electron chi connectivity index (χ0n) is 7.12. The predicted octanol–water partition coefficient (Wildman–Crippen LogP) is 1.90. The molecule has 4 nitrogen and oxygen atoms in total. The van der Waals surface area contributed by atoms with Crippen molar-refractivity contribution in [3.05, 3.63) is 34.6 Å². The van der Waals surface area contributed by atoms with Crippen molar-refractivity contribution in [1.82, 2.24) is 0 Å². The Hall–Kier alpha value is -1.73. The van der Waals surface area contributed by atoms with Gasteiger partial charge in [-0.05, 0) is 18.2 Å². The van der Waals surface area contributed by atoms with Crippen LogP contribution in [0, 0.1) is 6.57 Å². The van der Waals surface area contributed by atoms with Crippen LogP contribution in [0.2, 0.25) is 5.02 Å². The van der Waals surface area contributed by atoms with Crippen LogP contribution >= 0.6 is 11.6 Å². The number of nitrogens with zero attached hydrogens (tertiary/aromatic N) is 1. The van der Waals surface area contributed by atoms with Crippen molar-refractivity contribution in [2.24, 2.45) is 0 Å². The average molecular weight is 211 g/mol. The van der Waals surface area contributed by atoms with Gasteiger partial charge in [-0.1, -0.05) is 11.6 Å². The first-order chi connectivity index (χ1) is 6.63. The Kier molecular flexibility index (Phi) is 3.32. The zero-order chi connectivity index (χ0) is 10.6. The Labute approximate surface area is 85.9 Å². The minimum absolute atomic E-state index is 0.0762. The maximum atomic E-state index is 11.0. The molecule has 1 rings (SSSR count). The van der Waals surface area contributed by atoms with Crippen LogP contribution in [0.5, 0.6) is 5.75 Å². The van der Waals surface area contributed by atoms with Crippen LogP contribution in [0.1, 0.15) is 0 Å². The molecule has 14 heavy (non-hydrogen) atoms. The van der Waals surface area contributed by atoms with Crippen LogP contribution in [0.15, 0.2) is 18.2 Å². The average Bonchev–Trinajstić information content (AvgIpc) is 2.12. The summed E-state index contributed by atoms with van der Waals surface area (Å²) in [5.41, 5.74) is 0.214. The highest BCUT2D eigenvalue weighted by Gasteiger charge is 2.08. The predicted molar refractivity (Wildman–Crippen MR) is 53.2 cm³/mol. The molecule has 72 valence electrons. The highest BCUT2D eigenvalue weighted by Crippen LogP contribution is 2.26. The van der Waals surface area contributed by atoms with Gasteiger partial charge in [0.1, 0.15) is 5.75 Å². The summed E-state index contributed by atoms with van der Waals surface area (Å²) in [5.74, 6) is -0.551. The third-order valence-electron chi connectivity index (χ3n) is 1.46. The van der Waals surface area contributed by atoms with E-state index in [1.54, 1.807) is 0 Å². The number of halogens is 1. The summed E-state index contributed by atoms with van der Waals surface area (Å²) in [4.78, 5) is 13.9. The summed E-state index contributed by atoms with van der Waals surface area (Å²) in [7, 11) is 0. The lowest BCUT2D eigenvalue weighted by Gasteiger charge is -2.04. The molecule has 0 aliphatic heterocycles. The summed E-state index contributed by atoms with van der Waals surface area (Å²) >= 11 is 5.65. The lowest BCUT2D eigenvalue weighted by atomic mass is 10.3. The standard InChI is InChI=1S/C9H7ClN2O2/c1-11-5-9(14)12-7-4-6(10)2-3-8(7)13/h2-4,13H,5H2,(H,12,14). The van der Waals surface area contributed by atoms with Crippen molar-refractivity contribution in [2.75, 3.05) is 11.9 Å². The van der Waals surface area contributed by atoms with Gasteiger partial charge < -0.3 is 15.3 Å². The van der Waals surface area contributed by atoms with E-state index in [4.69, 9.17) is 18.2 Å². The van der Waals surface area contributed by atoms with E-state index in [1.807, 2.05) is 0 Å². The van der Waals surface area contributed by atoms with Crippen LogP contribution < -0.4 is 5.32 Å². The maximum Gasteiger partial charge on any atom is 0.304 e. The van der Waals surface area contributed by atoms with Crippen molar-refractivity contribution in [2.45, 2.75) is 0 Å². The molecule has 1 aromatic carbocycles. The molecule has 0 fully saturated rings. The number of aromatic hydroxyl groups is 1. The SMILES string of the molecule is [C-]#[N+]CC(=O)Nc1cc(Cl)ccc1O. The van der Waals surface area contributed by atoms with E-state index in [-0.39, 0.29) is 18.0 Å². The zero-order valence-corrected chi connectivity index (χ0v) is 7.88. The Morgan fingerprint density at radius 2 is 2.36 bits per heavy atom. The first-order valence-corrected chi connectivity index (χ1v) is 4.13. The third-order valence-corrected chi connectivity index (χ3v) is 1.69. The fourth-order valence-corrected chi connectivity index (χ4v) is 1.04. The highest BCUT2D eigenvalue weighted by molar-refractivity contribution is 6.31. The van der Waals surface area contributed by atoms with Gasteiger partial charge in [-0.25, -0.2) is 6.57 Å². The number of rotatable bonds is 2. The summed E-state index contributed by atoms with van der Waals surface area (Å²) in [6, 6.07) is 4.29. The van der Waals surface area contributed by atoms with Crippen molar-refractivity contribution in [3.63, 3.8) is 0 Å². The summed E-state index contributed by atoms with van der Waals surface area (Å²) in [6.07, 6.45) is 0. The molecule has 0 atom stereocenters. The molecule has 0 radical (unpaired) electrons. The Balaban J connectivity index is 2.81. The molecular weight excluding hydrogens is 204 g/mol. The fraction of sp³-hybridized carbons (Fsp3) is 0.111. The van der Waals surface area contributed by atoms with Crippen LogP contribution in [-0.4, -0.2) is 17.6 Å². The third kappa shape index (κ3) is 2.64. The molecule has 5 heteroatoms. The number of hydrogen-bond donors (Lipinski definition) is 2. The minimum atomic E-state index is -0.474. The molecule has 0 saturated heterocycles. The van der Waals surface area contributed by atoms with Crippen molar-refractivity contribution >= 4 is 23.2 Å². The quantitative estimate of drug-likeness (QED) is 0.579. The van der Waals surface area contributed by atoms with Crippen LogP contribution in [0.25, 0.3) is 4.85 Å². The summed E-state index contributed by atoms with van der Waals surface area (Å²) in [6.45, 7) is 6.20. The smallest absolute Gasteiger partial charge is 0.304 e. The minimum Gasteiger partial charge on any atom is -0.506 e. The van der Waals surface area contributed by atoms with Gasteiger partial charge in [0, 0.05) is 5.02 Å². The Morgan fingerprint density at radius 1 is 1.64 bits per heavy atom. The van der Waals surface area contributed by atoms with E-state index in [0.29, 0.717) is 5.02 Å². The molecule has 0 aliphatic rings. The second-order valence-electron chi connectivity index (χ2n) is 2.53. The largest absolute Gasteiger partial charge is 0.506 e. The van der Waals surface area contributed by atoms with E-state index >= 15 is 0 Å². The molecule has 0 spiro atoms. The lowest BCUT2D eigenvalue weighted by molar-refractivity contribution is -0.114. The van der Waals surface area contributed by atoms with Crippen LogP contribution in [-0.2, 0) is 4.79 Å². The number of carbonyl (C=O) groups excluding carboxylic acids is 1. The first-order valence-electron chi connectivity index (χ1n) is 3.75. The monoisotopic (exact) mass is 210 g/mol. The second kappa shape index (κ2) is 4.49. The number of amides is 1. The molecule has 0 saturated carbocycles. The van der Waals surface area contributed by atoms with E-state index in [0.717, 1.165) is 0 Å². The number of phenols is 1. The van der Waals surface area contributed by atoms with Gasteiger partial charge in [0.05, 0.1) is 5.69 Å². The number of phenolic OH excluding ortho intramolecular Hbond substituents is 1. The molecule has 1 amide bonds. The number of hydrogen-bond acceptors (Lipinski definition) is 2. The molecule has 0 aromatic heterocycles. The maximum absolute atomic E-state index is 11.0. The normalized spacial score (nSPS) is 9.14. The molecule has 1 aromatic rings. The Bertz CT molecular complexity index is 398. The molecule has 0 aliphatic carbocycles. The highest BCUT2D eigenvalue weighted by atomic mass is 35.5. The van der Waals surface area contributed by atoms with Gasteiger partial charge >= 0.3 is 5.91 Å².